The SMILES string of the molecule is C[C@@H](c1ccc(O)cc1F)N1CCNCC1.Cl.Cl. The smallest absolute Gasteiger partial charge is 0.131 e. The molecule has 0 amide bonds. The van der Waals surface area contributed by atoms with Crippen molar-refractivity contribution in [2.75, 3.05) is 26.2 Å². The standard InChI is InChI=1S/C12H17FN2O.2ClH/c1-9(15-6-4-14-5-7-15)11-3-2-10(16)8-12(11)13;;/h2-3,8-9,14,16H,4-7H2,1H3;2*1H/t9-;;/m0../s1. The van der Waals surface area contributed by atoms with Crippen LogP contribution in [-0.4, -0.2) is 36.2 Å². The molecule has 1 atom stereocenters. The van der Waals surface area contributed by atoms with Gasteiger partial charge in [0.2, 0.25) is 0 Å². The average Bonchev–Trinajstić information content (AvgIpc) is 2.29. The highest BCUT2D eigenvalue weighted by atomic mass is 35.5. The Morgan fingerprint density at radius 2 is 1.89 bits per heavy atom. The summed E-state index contributed by atoms with van der Waals surface area (Å²) in [5.41, 5.74) is 0.653. The molecule has 2 rings (SSSR count). The van der Waals surface area contributed by atoms with Crippen LogP contribution in [0, 0.1) is 5.82 Å². The first-order valence-corrected chi connectivity index (χ1v) is 5.61. The average molecular weight is 297 g/mol. The highest BCUT2D eigenvalue weighted by Crippen LogP contribution is 2.25. The van der Waals surface area contributed by atoms with E-state index in [2.05, 4.69) is 10.2 Å². The summed E-state index contributed by atoms with van der Waals surface area (Å²) in [5, 5.41) is 12.4. The number of benzene rings is 1. The monoisotopic (exact) mass is 296 g/mol. The minimum Gasteiger partial charge on any atom is -0.508 e. The zero-order valence-corrected chi connectivity index (χ0v) is 11.9. The number of rotatable bonds is 2. The maximum atomic E-state index is 13.7. The Morgan fingerprint density at radius 3 is 2.44 bits per heavy atom. The van der Waals surface area contributed by atoms with E-state index in [0.29, 0.717) is 5.56 Å². The Balaban J connectivity index is 0.00000144. The number of nitrogens with one attached hydrogen (secondary N) is 1. The van der Waals surface area contributed by atoms with Crippen molar-refractivity contribution in [2.45, 2.75) is 13.0 Å². The van der Waals surface area contributed by atoms with Crippen molar-refractivity contribution in [1.82, 2.24) is 10.2 Å². The lowest BCUT2D eigenvalue weighted by Crippen LogP contribution is -2.44. The van der Waals surface area contributed by atoms with Gasteiger partial charge in [0.25, 0.3) is 0 Å². The maximum Gasteiger partial charge on any atom is 0.131 e. The van der Waals surface area contributed by atoms with E-state index in [1.54, 1.807) is 6.07 Å². The van der Waals surface area contributed by atoms with Gasteiger partial charge < -0.3 is 10.4 Å². The van der Waals surface area contributed by atoms with Gasteiger partial charge in [-0.25, -0.2) is 4.39 Å². The van der Waals surface area contributed by atoms with Crippen molar-refractivity contribution in [3.05, 3.63) is 29.6 Å². The van der Waals surface area contributed by atoms with E-state index in [-0.39, 0.29) is 42.4 Å². The van der Waals surface area contributed by atoms with Gasteiger partial charge in [0.15, 0.2) is 0 Å². The van der Waals surface area contributed by atoms with E-state index in [4.69, 9.17) is 5.11 Å². The lowest BCUT2D eigenvalue weighted by Gasteiger charge is -2.33. The van der Waals surface area contributed by atoms with Crippen molar-refractivity contribution < 1.29 is 9.50 Å². The van der Waals surface area contributed by atoms with Crippen LogP contribution in [0.2, 0.25) is 0 Å². The van der Waals surface area contributed by atoms with Crippen molar-refractivity contribution in [2.24, 2.45) is 0 Å². The molecule has 104 valence electrons. The molecule has 0 bridgehead atoms. The van der Waals surface area contributed by atoms with Gasteiger partial charge in [-0.3, -0.25) is 4.90 Å². The molecule has 1 saturated heterocycles. The van der Waals surface area contributed by atoms with Gasteiger partial charge in [-0.05, 0) is 13.0 Å². The van der Waals surface area contributed by atoms with Gasteiger partial charge in [-0.15, -0.1) is 24.8 Å². The first-order valence-electron chi connectivity index (χ1n) is 5.61. The lowest BCUT2D eigenvalue weighted by molar-refractivity contribution is 0.182. The summed E-state index contributed by atoms with van der Waals surface area (Å²) in [5.74, 6) is -0.347. The summed E-state index contributed by atoms with van der Waals surface area (Å²) >= 11 is 0. The van der Waals surface area contributed by atoms with Crippen LogP contribution in [0.15, 0.2) is 18.2 Å². The van der Waals surface area contributed by atoms with Crippen LogP contribution >= 0.6 is 24.8 Å². The van der Waals surface area contributed by atoms with Crippen molar-refractivity contribution in [3.63, 3.8) is 0 Å². The second-order valence-corrected chi connectivity index (χ2v) is 4.17. The van der Waals surface area contributed by atoms with Gasteiger partial charge >= 0.3 is 0 Å². The molecular weight excluding hydrogens is 278 g/mol. The summed E-state index contributed by atoms with van der Waals surface area (Å²) in [4.78, 5) is 2.24. The number of phenolic OH excluding ortho intramolecular Hbond substituents is 1. The molecule has 18 heavy (non-hydrogen) atoms. The number of piperazine rings is 1. The van der Waals surface area contributed by atoms with Crippen LogP contribution in [0.1, 0.15) is 18.5 Å². The first-order chi connectivity index (χ1) is 7.68. The summed E-state index contributed by atoms with van der Waals surface area (Å²) in [6.45, 7) is 5.76. The van der Waals surface area contributed by atoms with Crippen LogP contribution in [0.4, 0.5) is 4.39 Å². The predicted octanol–water partition coefficient (Wildman–Crippen LogP) is 2.34. The molecule has 1 aromatic rings. The summed E-state index contributed by atoms with van der Waals surface area (Å²) in [6, 6.07) is 4.44. The fourth-order valence-corrected chi connectivity index (χ4v) is 2.12. The third-order valence-corrected chi connectivity index (χ3v) is 3.13. The molecule has 0 radical (unpaired) electrons. The molecule has 1 aliphatic heterocycles. The molecule has 0 saturated carbocycles. The molecule has 2 N–H and O–H groups in total. The van der Waals surface area contributed by atoms with Crippen molar-refractivity contribution in [3.8, 4) is 5.75 Å². The number of nitrogens with zero attached hydrogens (tertiary/aromatic N) is 1. The zero-order valence-electron chi connectivity index (χ0n) is 10.2. The Kier molecular flexibility index (Phi) is 7.55. The van der Waals surface area contributed by atoms with Crippen LogP contribution in [0.5, 0.6) is 5.75 Å². The number of hydrogen-bond acceptors (Lipinski definition) is 3. The highest BCUT2D eigenvalue weighted by Gasteiger charge is 2.20. The van der Waals surface area contributed by atoms with E-state index in [1.807, 2.05) is 6.92 Å². The maximum absolute atomic E-state index is 13.7. The molecule has 0 spiro atoms. The summed E-state index contributed by atoms with van der Waals surface area (Å²) in [7, 11) is 0. The van der Waals surface area contributed by atoms with Crippen LogP contribution in [0.25, 0.3) is 0 Å². The first kappa shape index (κ1) is 17.4. The number of phenols is 1. The quantitative estimate of drug-likeness (QED) is 0.879. The fraction of sp³-hybridized carbons (Fsp3) is 0.500. The molecule has 0 aliphatic carbocycles. The van der Waals surface area contributed by atoms with Crippen LogP contribution < -0.4 is 5.32 Å². The summed E-state index contributed by atoms with van der Waals surface area (Å²) < 4.78 is 13.7. The van der Waals surface area contributed by atoms with Crippen molar-refractivity contribution >= 4 is 24.8 Å². The minimum atomic E-state index is -0.328. The van der Waals surface area contributed by atoms with E-state index in [9.17, 15) is 4.39 Å². The molecule has 1 heterocycles. The third kappa shape index (κ3) is 3.99. The number of hydrogen-bond donors (Lipinski definition) is 2. The Bertz CT molecular complexity index is 373. The number of aromatic hydroxyl groups is 1. The topological polar surface area (TPSA) is 35.5 Å². The lowest BCUT2D eigenvalue weighted by atomic mass is 10.1. The van der Waals surface area contributed by atoms with E-state index in [0.717, 1.165) is 26.2 Å². The second-order valence-electron chi connectivity index (χ2n) is 4.17. The predicted molar refractivity (Wildman–Crippen MR) is 75.4 cm³/mol. The van der Waals surface area contributed by atoms with Gasteiger partial charge in [-0.1, -0.05) is 6.07 Å². The van der Waals surface area contributed by atoms with Gasteiger partial charge in [0, 0.05) is 43.9 Å². The highest BCUT2D eigenvalue weighted by molar-refractivity contribution is 5.85. The van der Waals surface area contributed by atoms with Crippen molar-refractivity contribution in [1.29, 1.82) is 0 Å². The second kappa shape index (κ2) is 7.79. The molecule has 1 aliphatic rings. The van der Waals surface area contributed by atoms with E-state index >= 15 is 0 Å². The fourth-order valence-electron chi connectivity index (χ4n) is 2.12. The van der Waals surface area contributed by atoms with Gasteiger partial charge in [-0.2, -0.15) is 0 Å². The Hall–Kier alpha value is -0.550. The van der Waals surface area contributed by atoms with Gasteiger partial charge in [0.05, 0.1) is 0 Å². The van der Waals surface area contributed by atoms with E-state index < -0.39 is 0 Å². The third-order valence-electron chi connectivity index (χ3n) is 3.13. The largest absolute Gasteiger partial charge is 0.508 e. The molecule has 0 aromatic heterocycles. The molecule has 1 aromatic carbocycles. The van der Waals surface area contributed by atoms with Gasteiger partial charge in [0.1, 0.15) is 11.6 Å². The molecule has 1 fully saturated rings. The van der Waals surface area contributed by atoms with Crippen LogP contribution in [-0.2, 0) is 0 Å². The molecule has 6 heteroatoms. The van der Waals surface area contributed by atoms with E-state index in [1.165, 1.54) is 12.1 Å². The molecule has 0 unspecified atom stereocenters. The molecular formula is C12H19Cl2FN2O. The Labute approximate surface area is 119 Å². The Morgan fingerprint density at radius 1 is 1.28 bits per heavy atom. The van der Waals surface area contributed by atoms with Crippen LogP contribution in [0.3, 0.4) is 0 Å². The zero-order chi connectivity index (χ0) is 11.5. The normalized spacial score (nSPS) is 17.4. The number of halogens is 3. The molecule has 3 nitrogen and oxygen atoms in total. The summed E-state index contributed by atoms with van der Waals surface area (Å²) in [6.07, 6.45) is 0. The minimum absolute atomic E-state index is 0.